The highest BCUT2D eigenvalue weighted by atomic mass is 15.1. The molecule has 14 heavy (non-hydrogen) atoms. The number of hydrogen-bond acceptors (Lipinski definition) is 2. The third-order valence-corrected chi connectivity index (χ3v) is 2.96. The number of aryl methyl sites for hydroxylation is 1. The van der Waals surface area contributed by atoms with Crippen molar-refractivity contribution in [3.8, 4) is 0 Å². The largest absolute Gasteiger partial charge is 0.310 e. The minimum absolute atomic E-state index is 0.636. The zero-order valence-corrected chi connectivity index (χ0v) is 9.01. The number of H-pyrrole nitrogens is 1. The van der Waals surface area contributed by atoms with Crippen LogP contribution in [-0.4, -0.2) is 16.2 Å². The normalized spacial score (nSPS) is 18.4. The van der Waals surface area contributed by atoms with Gasteiger partial charge in [-0.2, -0.15) is 5.10 Å². The van der Waals surface area contributed by atoms with Crippen LogP contribution in [-0.2, 0) is 6.54 Å². The maximum absolute atomic E-state index is 4.01. The van der Waals surface area contributed by atoms with E-state index in [0.717, 1.165) is 12.5 Å². The van der Waals surface area contributed by atoms with E-state index in [1.165, 1.54) is 30.5 Å². The average Bonchev–Trinajstić information content (AvgIpc) is 2.86. The molecule has 0 saturated heterocycles. The number of aromatic nitrogens is 2. The van der Waals surface area contributed by atoms with E-state index in [1.54, 1.807) is 0 Å². The Balaban J connectivity index is 1.73. The Labute approximate surface area is 85.3 Å². The van der Waals surface area contributed by atoms with Gasteiger partial charge in [0.05, 0.1) is 6.20 Å². The second kappa shape index (κ2) is 4.13. The van der Waals surface area contributed by atoms with Crippen LogP contribution in [0.4, 0.5) is 0 Å². The van der Waals surface area contributed by atoms with Crippen molar-refractivity contribution < 1.29 is 0 Å². The van der Waals surface area contributed by atoms with Gasteiger partial charge in [-0.3, -0.25) is 5.10 Å². The van der Waals surface area contributed by atoms with Crippen LogP contribution in [0.1, 0.15) is 37.4 Å². The molecule has 0 radical (unpaired) electrons. The lowest BCUT2D eigenvalue weighted by atomic mass is 10.1. The second-order valence-corrected chi connectivity index (χ2v) is 4.48. The summed E-state index contributed by atoms with van der Waals surface area (Å²) in [5, 5.41) is 10.5. The van der Waals surface area contributed by atoms with Crippen molar-refractivity contribution in [3.05, 3.63) is 17.5 Å². The molecule has 1 saturated carbocycles. The first-order chi connectivity index (χ1) is 6.75. The van der Waals surface area contributed by atoms with Gasteiger partial charge in [0.1, 0.15) is 0 Å². The Kier molecular flexibility index (Phi) is 2.87. The smallest absolute Gasteiger partial charge is 0.0535 e. The van der Waals surface area contributed by atoms with Gasteiger partial charge < -0.3 is 5.32 Å². The SMILES string of the molecule is Cc1[nH]ncc1CNC(C)CC1CC1. The van der Waals surface area contributed by atoms with Gasteiger partial charge in [0, 0.05) is 23.8 Å². The summed E-state index contributed by atoms with van der Waals surface area (Å²) in [6.45, 7) is 5.28. The highest BCUT2D eigenvalue weighted by Crippen LogP contribution is 2.33. The molecule has 1 aromatic rings. The predicted octanol–water partition coefficient (Wildman–Crippen LogP) is 2.00. The Morgan fingerprint density at radius 3 is 3.00 bits per heavy atom. The molecule has 2 N–H and O–H groups in total. The van der Waals surface area contributed by atoms with Gasteiger partial charge >= 0.3 is 0 Å². The molecule has 1 fully saturated rings. The van der Waals surface area contributed by atoms with Gasteiger partial charge in [-0.05, 0) is 26.2 Å². The average molecular weight is 193 g/mol. The van der Waals surface area contributed by atoms with Crippen LogP contribution in [0.25, 0.3) is 0 Å². The van der Waals surface area contributed by atoms with E-state index < -0.39 is 0 Å². The number of rotatable bonds is 5. The fourth-order valence-electron chi connectivity index (χ4n) is 1.77. The molecule has 1 aliphatic rings. The Morgan fingerprint density at radius 1 is 1.64 bits per heavy atom. The summed E-state index contributed by atoms with van der Waals surface area (Å²) in [6, 6.07) is 0.636. The Morgan fingerprint density at radius 2 is 2.43 bits per heavy atom. The zero-order valence-electron chi connectivity index (χ0n) is 9.01. The van der Waals surface area contributed by atoms with E-state index in [1.807, 2.05) is 6.20 Å². The maximum Gasteiger partial charge on any atom is 0.0535 e. The Hall–Kier alpha value is -0.830. The molecular weight excluding hydrogens is 174 g/mol. The molecule has 2 rings (SSSR count). The highest BCUT2D eigenvalue weighted by Gasteiger charge is 2.23. The molecule has 1 atom stereocenters. The molecule has 0 bridgehead atoms. The lowest BCUT2D eigenvalue weighted by Gasteiger charge is -2.12. The van der Waals surface area contributed by atoms with Crippen LogP contribution >= 0.6 is 0 Å². The first-order valence-corrected chi connectivity index (χ1v) is 5.48. The highest BCUT2D eigenvalue weighted by molar-refractivity contribution is 5.13. The van der Waals surface area contributed by atoms with Crippen LogP contribution in [0.5, 0.6) is 0 Å². The zero-order chi connectivity index (χ0) is 9.97. The monoisotopic (exact) mass is 193 g/mol. The van der Waals surface area contributed by atoms with Gasteiger partial charge in [-0.15, -0.1) is 0 Å². The minimum atomic E-state index is 0.636. The summed E-state index contributed by atoms with van der Waals surface area (Å²) >= 11 is 0. The van der Waals surface area contributed by atoms with Crippen LogP contribution in [0, 0.1) is 12.8 Å². The summed E-state index contributed by atoms with van der Waals surface area (Å²) < 4.78 is 0. The molecule has 3 nitrogen and oxygen atoms in total. The van der Waals surface area contributed by atoms with E-state index >= 15 is 0 Å². The maximum atomic E-state index is 4.01. The predicted molar refractivity (Wildman–Crippen MR) is 57.0 cm³/mol. The van der Waals surface area contributed by atoms with Crippen molar-refractivity contribution in [1.29, 1.82) is 0 Å². The molecule has 78 valence electrons. The summed E-state index contributed by atoms with van der Waals surface area (Å²) in [6.07, 6.45) is 6.12. The molecule has 0 spiro atoms. The molecule has 0 aromatic carbocycles. The Bertz CT molecular complexity index is 288. The fourth-order valence-corrected chi connectivity index (χ4v) is 1.77. The molecule has 1 unspecified atom stereocenters. The molecule has 1 heterocycles. The van der Waals surface area contributed by atoms with Crippen molar-refractivity contribution in [2.75, 3.05) is 0 Å². The van der Waals surface area contributed by atoms with Crippen LogP contribution in [0.15, 0.2) is 6.20 Å². The summed E-state index contributed by atoms with van der Waals surface area (Å²) in [5.41, 5.74) is 2.46. The van der Waals surface area contributed by atoms with Crippen molar-refractivity contribution in [2.24, 2.45) is 5.92 Å². The van der Waals surface area contributed by atoms with Crippen molar-refractivity contribution in [3.63, 3.8) is 0 Å². The molecule has 3 heteroatoms. The molecular formula is C11H19N3. The van der Waals surface area contributed by atoms with E-state index in [2.05, 4.69) is 29.4 Å². The number of nitrogens with zero attached hydrogens (tertiary/aromatic N) is 1. The molecule has 1 aliphatic carbocycles. The van der Waals surface area contributed by atoms with E-state index in [-0.39, 0.29) is 0 Å². The third kappa shape index (κ3) is 2.58. The van der Waals surface area contributed by atoms with Gasteiger partial charge in [0.15, 0.2) is 0 Å². The van der Waals surface area contributed by atoms with Gasteiger partial charge in [-0.1, -0.05) is 12.8 Å². The lowest BCUT2D eigenvalue weighted by molar-refractivity contribution is 0.487. The second-order valence-electron chi connectivity index (χ2n) is 4.48. The van der Waals surface area contributed by atoms with Gasteiger partial charge in [-0.25, -0.2) is 0 Å². The van der Waals surface area contributed by atoms with E-state index in [4.69, 9.17) is 0 Å². The van der Waals surface area contributed by atoms with Crippen LogP contribution < -0.4 is 5.32 Å². The summed E-state index contributed by atoms with van der Waals surface area (Å²) in [5.74, 6) is 1.00. The fraction of sp³-hybridized carbons (Fsp3) is 0.727. The van der Waals surface area contributed by atoms with Crippen molar-refractivity contribution >= 4 is 0 Å². The molecule has 0 amide bonds. The van der Waals surface area contributed by atoms with E-state index in [0.29, 0.717) is 6.04 Å². The standard InChI is InChI=1S/C11H19N3/c1-8(5-10-3-4-10)12-6-11-7-13-14-9(11)2/h7-8,10,12H,3-6H2,1-2H3,(H,13,14). The van der Waals surface area contributed by atoms with Gasteiger partial charge in [0.25, 0.3) is 0 Å². The summed E-state index contributed by atoms with van der Waals surface area (Å²) in [7, 11) is 0. The van der Waals surface area contributed by atoms with Crippen LogP contribution in [0.3, 0.4) is 0 Å². The number of hydrogen-bond donors (Lipinski definition) is 2. The first kappa shape index (κ1) is 9.71. The van der Waals surface area contributed by atoms with Crippen molar-refractivity contribution in [1.82, 2.24) is 15.5 Å². The van der Waals surface area contributed by atoms with Crippen LogP contribution in [0.2, 0.25) is 0 Å². The quantitative estimate of drug-likeness (QED) is 0.751. The molecule has 1 aromatic heterocycles. The van der Waals surface area contributed by atoms with E-state index in [9.17, 15) is 0 Å². The lowest BCUT2D eigenvalue weighted by Crippen LogP contribution is -2.25. The van der Waals surface area contributed by atoms with Gasteiger partial charge in [0.2, 0.25) is 0 Å². The van der Waals surface area contributed by atoms with Crippen molar-refractivity contribution in [2.45, 2.75) is 45.7 Å². The minimum Gasteiger partial charge on any atom is -0.310 e. The topological polar surface area (TPSA) is 40.7 Å². The molecule has 0 aliphatic heterocycles. The summed E-state index contributed by atoms with van der Waals surface area (Å²) in [4.78, 5) is 0. The third-order valence-electron chi connectivity index (χ3n) is 2.96. The number of aromatic amines is 1. The number of nitrogens with one attached hydrogen (secondary N) is 2. The first-order valence-electron chi connectivity index (χ1n) is 5.48.